The summed E-state index contributed by atoms with van der Waals surface area (Å²) in [6, 6.07) is 7.84. The van der Waals surface area contributed by atoms with E-state index in [-0.39, 0.29) is 0 Å². The van der Waals surface area contributed by atoms with Crippen molar-refractivity contribution in [1.29, 1.82) is 0 Å². The van der Waals surface area contributed by atoms with Crippen molar-refractivity contribution in [3.8, 4) is 5.69 Å². The van der Waals surface area contributed by atoms with Crippen LogP contribution in [0.5, 0.6) is 0 Å². The fraction of sp³-hybridized carbons (Fsp3) is 0.250. The van der Waals surface area contributed by atoms with Crippen LogP contribution in [-0.4, -0.2) is 29.6 Å². The van der Waals surface area contributed by atoms with Crippen LogP contribution >= 0.6 is 39.2 Å². The zero-order valence-electron chi connectivity index (χ0n) is 10.7. The monoisotopic (exact) mass is 380 g/mol. The molecule has 1 saturated carbocycles. The number of tetrazole rings is 1. The number of aromatic nitrogens is 6. The molecule has 0 radical (unpaired) electrons. The molecular weight excluding hydrogens is 372 g/mol. The molecule has 3 aromatic rings. The Morgan fingerprint density at radius 2 is 2.05 bits per heavy atom. The van der Waals surface area contributed by atoms with Crippen LogP contribution in [0, 0.1) is 0 Å². The summed E-state index contributed by atoms with van der Waals surface area (Å²) in [7, 11) is 0. The predicted octanol–water partition coefficient (Wildman–Crippen LogP) is 3.30. The van der Waals surface area contributed by atoms with Gasteiger partial charge in [0, 0.05) is 10.4 Å². The van der Waals surface area contributed by atoms with Gasteiger partial charge in [0.15, 0.2) is 4.34 Å². The van der Waals surface area contributed by atoms with Crippen LogP contribution < -0.4 is 0 Å². The number of nitrogens with zero attached hydrogens (tertiary/aromatic N) is 6. The number of benzene rings is 1. The maximum Gasteiger partial charge on any atom is 0.221 e. The van der Waals surface area contributed by atoms with E-state index in [4.69, 9.17) is 0 Å². The van der Waals surface area contributed by atoms with Gasteiger partial charge in [-0.2, -0.15) is 9.06 Å². The van der Waals surface area contributed by atoms with E-state index in [1.165, 1.54) is 36.1 Å². The highest BCUT2D eigenvalue weighted by Crippen LogP contribution is 2.40. The fourth-order valence-corrected chi connectivity index (χ4v) is 3.68. The van der Waals surface area contributed by atoms with Crippen molar-refractivity contribution in [2.24, 2.45) is 0 Å². The standard InChI is InChI=1S/C12H9BrN6S2/c13-8-3-5-9(6-4-8)19-11(15-17-18-19)20-12-14-10(16-21-12)7-1-2-7/h3-7H,1-2H2. The van der Waals surface area contributed by atoms with Crippen molar-refractivity contribution < 1.29 is 0 Å². The average Bonchev–Trinajstić information content (AvgIpc) is 3.07. The Hall–Kier alpha value is -1.32. The van der Waals surface area contributed by atoms with Crippen LogP contribution in [0.25, 0.3) is 5.69 Å². The molecule has 0 spiro atoms. The highest BCUT2D eigenvalue weighted by atomic mass is 79.9. The van der Waals surface area contributed by atoms with Crippen molar-refractivity contribution in [3.63, 3.8) is 0 Å². The third-order valence-corrected chi connectivity index (χ3v) is 5.29. The van der Waals surface area contributed by atoms with E-state index < -0.39 is 0 Å². The molecule has 21 heavy (non-hydrogen) atoms. The summed E-state index contributed by atoms with van der Waals surface area (Å²) >= 11 is 6.27. The van der Waals surface area contributed by atoms with E-state index in [9.17, 15) is 0 Å². The summed E-state index contributed by atoms with van der Waals surface area (Å²) in [5.74, 6) is 1.53. The number of rotatable bonds is 4. The molecule has 1 fully saturated rings. The summed E-state index contributed by atoms with van der Waals surface area (Å²) in [4.78, 5) is 4.55. The van der Waals surface area contributed by atoms with Gasteiger partial charge in [0.25, 0.3) is 0 Å². The smallest absolute Gasteiger partial charge is 0.212 e. The van der Waals surface area contributed by atoms with Crippen molar-refractivity contribution >= 4 is 39.2 Å². The molecule has 1 aromatic carbocycles. The fourth-order valence-electron chi connectivity index (χ4n) is 1.83. The van der Waals surface area contributed by atoms with Gasteiger partial charge in [0.2, 0.25) is 5.16 Å². The highest BCUT2D eigenvalue weighted by Gasteiger charge is 2.28. The van der Waals surface area contributed by atoms with Crippen LogP contribution in [0.2, 0.25) is 0 Å². The van der Waals surface area contributed by atoms with Gasteiger partial charge in [0.05, 0.1) is 5.69 Å². The predicted molar refractivity (Wildman–Crippen MR) is 82.9 cm³/mol. The van der Waals surface area contributed by atoms with Gasteiger partial charge in [-0.05, 0) is 70.8 Å². The number of hydrogen-bond acceptors (Lipinski definition) is 7. The van der Waals surface area contributed by atoms with Crippen LogP contribution in [0.3, 0.4) is 0 Å². The molecule has 0 bridgehead atoms. The van der Waals surface area contributed by atoms with Crippen molar-refractivity contribution in [3.05, 3.63) is 34.6 Å². The molecule has 6 nitrogen and oxygen atoms in total. The van der Waals surface area contributed by atoms with Crippen molar-refractivity contribution in [2.75, 3.05) is 0 Å². The van der Waals surface area contributed by atoms with Gasteiger partial charge >= 0.3 is 0 Å². The van der Waals surface area contributed by atoms with E-state index in [1.54, 1.807) is 4.68 Å². The Labute approximate surface area is 137 Å². The van der Waals surface area contributed by atoms with Gasteiger partial charge < -0.3 is 0 Å². The minimum atomic E-state index is 0.568. The molecule has 0 aliphatic heterocycles. The first-order valence-electron chi connectivity index (χ1n) is 6.35. The summed E-state index contributed by atoms with van der Waals surface area (Å²) in [5, 5.41) is 12.6. The second-order valence-electron chi connectivity index (χ2n) is 4.64. The SMILES string of the molecule is Brc1ccc(-n2nnnc2Sc2nc(C3CC3)ns2)cc1. The Balaban J connectivity index is 1.60. The Morgan fingerprint density at radius 1 is 1.24 bits per heavy atom. The molecule has 0 atom stereocenters. The minimum Gasteiger partial charge on any atom is -0.212 e. The molecular formula is C12H9BrN6S2. The first-order chi connectivity index (χ1) is 10.3. The van der Waals surface area contributed by atoms with Crippen molar-refractivity contribution in [2.45, 2.75) is 28.3 Å². The Kier molecular flexibility index (Phi) is 3.48. The normalized spacial score (nSPS) is 14.5. The molecule has 1 aliphatic rings. The summed E-state index contributed by atoms with van der Waals surface area (Å²) in [5.41, 5.74) is 0.914. The Morgan fingerprint density at radius 3 is 2.81 bits per heavy atom. The van der Waals surface area contributed by atoms with Crippen LogP contribution in [0.15, 0.2) is 38.2 Å². The van der Waals surface area contributed by atoms with Gasteiger partial charge in [-0.15, -0.1) is 5.10 Å². The van der Waals surface area contributed by atoms with Gasteiger partial charge in [-0.3, -0.25) is 0 Å². The third-order valence-electron chi connectivity index (χ3n) is 3.06. The average molecular weight is 381 g/mol. The highest BCUT2D eigenvalue weighted by molar-refractivity contribution is 9.10. The van der Waals surface area contributed by atoms with E-state index >= 15 is 0 Å². The zero-order chi connectivity index (χ0) is 14.2. The quantitative estimate of drug-likeness (QED) is 0.691. The van der Waals surface area contributed by atoms with E-state index in [0.29, 0.717) is 11.1 Å². The lowest BCUT2D eigenvalue weighted by Crippen LogP contribution is -1.98. The zero-order valence-corrected chi connectivity index (χ0v) is 13.9. The lowest BCUT2D eigenvalue weighted by molar-refractivity contribution is 0.756. The first-order valence-corrected chi connectivity index (χ1v) is 8.74. The van der Waals surface area contributed by atoms with Crippen LogP contribution in [-0.2, 0) is 0 Å². The molecule has 0 saturated heterocycles. The molecule has 0 unspecified atom stereocenters. The second-order valence-corrected chi connectivity index (χ2v) is 7.53. The molecule has 1 aliphatic carbocycles. The minimum absolute atomic E-state index is 0.568. The number of hydrogen-bond donors (Lipinski definition) is 0. The topological polar surface area (TPSA) is 69.4 Å². The van der Waals surface area contributed by atoms with Gasteiger partial charge in [-0.25, -0.2) is 4.98 Å². The van der Waals surface area contributed by atoms with Crippen LogP contribution in [0.4, 0.5) is 0 Å². The summed E-state index contributed by atoms with van der Waals surface area (Å²) < 4.78 is 8.00. The van der Waals surface area contributed by atoms with Crippen LogP contribution in [0.1, 0.15) is 24.6 Å². The molecule has 2 heterocycles. The van der Waals surface area contributed by atoms with E-state index in [2.05, 4.69) is 40.8 Å². The molecule has 0 N–H and O–H groups in total. The van der Waals surface area contributed by atoms with Gasteiger partial charge in [0.1, 0.15) is 5.82 Å². The maximum absolute atomic E-state index is 4.55. The molecule has 106 valence electrons. The Bertz CT molecular complexity index is 764. The van der Waals surface area contributed by atoms with Crippen molar-refractivity contribution in [1.82, 2.24) is 29.6 Å². The molecule has 0 amide bonds. The summed E-state index contributed by atoms with van der Waals surface area (Å²) in [6.45, 7) is 0. The summed E-state index contributed by atoms with van der Waals surface area (Å²) in [6.07, 6.45) is 2.41. The lowest BCUT2D eigenvalue weighted by Gasteiger charge is -2.02. The first kappa shape index (κ1) is 13.4. The number of halogens is 1. The molecule has 4 rings (SSSR count). The van der Waals surface area contributed by atoms with Gasteiger partial charge in [-0.1, -0.05) is 15.9 Å². The largest absolute Gasteiger partial charge is 0.221 e. The molecule has 9 heteroatoms. The third kappa shape index (κ3) is 2.85. The van der Waals surface area contributed by atoms with E-state index in [1.807, 2.05) is 24.3 Å². The van der Waals surface area contributed by atoms with E-state index in [0.717, 1.165) is 20.3 Å². The maximum atomic E-state index is 4.55. The second kappa shape index (κ2) is 5.47. The lowest BCUT2D eigenvalue weighted by atomic mass is 10.3. The molecule has 2 aromatic heterocycles.